The van der Waals surface area contributed by atoms with Crippen molar-refractivity contribution in [2.24, 2.45) is 0 Å². The van der Waals surface area contributed by atoms with E-state index in [1.54, 1.807) is 6.07 Å². The predicted octanol–water partition coefficient (Wildman–Crippen LogP) is 2.81. The maximum atomic E-state index is 13.8. The number of ether oxygens (including phenoxy) is 1. The van der Waals surface area contributed by atoms with Gasteiger partial charge in [-0.1, -0.05) is 30.3 Å². The van der Waals surface area contributed by atoms with Gasteiger partial charge in [-0.3, -0.25) is 0 Å². The average molecular weight is 258 g/mol. The van der Waals surface area contributed by atoms with Gasteiger partial charge in [0.15, 0.2) is 11.6 Å². The molecule has 0 spiro atoms. The molecular weight excluding hydrogens is 243 g/mol. The summed E-state index contributed by atoms with van der Waals surface area (Å²) in [4.78, 5) is 2.09. The first kappa shape index (κ1) is 11.8. The lowest BCUT2D eigenvalue weighted by molar-refractivity contribution is 0.291. The summed E-state index contributed by atoms with van der Waals surface area (Å²) in [5.74, 6) is -0.0934. The standard InChI is InChI=1S/C15H15FN2O/c16-13-8-12(17)9-14-15(13)19-7-6-18(14)10-11-4-2-1-3-5-11/h1-5,8-9H,6-7,10,17H2. The van der Waals surface area contributed by atoms with Gasteiger partial charge in [-0.05, 0) is 11.6 Å². The van der Waals surface area contributed by atoms with Crippen molar-refractivity contribution in [3.05, 3.63) is 53.8 Å². The Morgan fingerprint density at radius 3 is 2.79 bits per heavy atom. The Morgan fingerprint density at radius 1 is 1.21 bits per heavy atom. The van der Waals surface area contributed by atoms with Gasteiger partial charge in [0.25, 0.3) is 0 Å². The van der Waals surface area contributed by atoms with Crippen LogP contribution in [-0.2, 0) is 6.54 Å². The molecule has 0 aliphatic carbocycles. The van der Waals surface area contributed by atoms with Crippen LogP contribution in [0.5, 0.6) is 5.75 Å². The molecule has 0 bridgehead atoms. The number of halogens is 1. The molecule has 2 N–H and O–H groups in total. The Labute approximate surface area is 111 Å². The third kappa shape index (κ3) is 2.34. The van der Waals surface area contributed by atoms with Crippen molar-refractivity contribution in [3.8, 4) is 5.75 Å². The largest absolute Gasteiger partial charge is 0.486 e. The van der Waals surface area contributed by atoms with Crippen LogP contribution in [0.25, 0.3) is 0 Å². The highest BCUT2D eigenvalue weighted by Gasteiger charge is 2.22. The van der Waals surface area contributed by atoms with Crippen LogP contribution in [0.3, 0.4) is 0 Å². The fraction of sp³-hybridized carbons (Fsp3) is 0.200. The van der Waals surface area contributed by atoms with E-state index < -0.39 is 5.82 Å². The maximum absolute atomic E-state index is 13.8. The molecule has 1 aliphatic heterocycles. The summed E-state index contributed by atoms with van der Waals surface area (Å²) in [5.41, 5.74) is 8.04. The minimum Gasteiger partial charge on any atom is -0.486 e. The third-order valence-electron chi connectivity index (χ3n) is 3.21. The molecule has 2 aromatic rings. The smallest absolute Gasteiger partial charge is 0.178 e. The summed E-state index contributed by atoms with van der Waals surface area (Å²) < 4.78 is 19.2. The second kappa shape index (κ2) is 4.80. The molecular formula is C15H15FN2O. The molecule has 1 aliphatic rings. The Bertz CT molecular complexity index is 586. The van der Waals surface area contributed by atoms with Crippen molar-refractivity contribution in [1.82, 2.24) is 0 Å². The van der Waals surface area contributed by atoms with Gasteiger partial charge in [0, 0.05) is 18.3 Å². The van der Waals surface area contributed by atoms with Crippen LogP contribution < -0.4 is 15.4 Å². The molecule has 3 nitrogen and oxygen atoms in total. The minimum atomic E-state index is -0.396. The van der Waals surface area contributed by atoms with E-state index in [0.29, 0.717) is 18.0 Å². The zero-order chi connectivity index (χ0) is 13.2. The number of nitrogens with two attached hydrogens (primary N) is 1. The lowest BCUT2D eigenvalue weighted by Crippen LogP contribution is -2.32. The summed E-state index contributed by atoms with van der Waals surface area (Å²) in [6.07, 6.45) is 0. The topological polar surface area (TPSA) is 38.5 Å². The first-order valence-corrected chi connectivity index (χ1v) is 6.25. The first-order valence-electron chi connectivity index (χ1n) is 6.25. The molecule has 4 heteroatoms. The fourth-order valence-electron chi connectivity index (χ4n) is 2.32. The zero-order valence-electron chi connectivity index (χ0n) is 10.5. The summed E-state index contributed by atoms with van der Waals surface area (Å²) in [6.45, 7) is 1.94. The molecule has 98 valence electrons. The highest BCUT2D eigenvalue weighted by atomic mass is 19.1. The second-order valence-corrected chi connectivity index (χ2v) is 4.61. The van der Waals surface area contributed by atoms with E-state index >= 15 is 0 Å². The fourth-order valence-corrected chi connectivity index (χ4v) is 2.32. The van der Waals surface area contributed by atoms with Gasteiger partial charge in [0.1, 0.15) is 6.61 Å². The third-order valence-corrected chi connectivity index (χ3v) is 3.21. The van der Waals surface area contributed by atoms with E-state index in [0.717, 1.165) is 18.8 Å². The van der Waals surface area contributed by atoms with Gasteiger partial charge >= 0.3 is 0 Å². The first-order chi connectivity index (χ1) is 9.24. The molecule has 0 saturated heterocycles. The number of fused-ring (bicyclic) bond motifs is 1. The van der Waals surface area contributed by atoms with E-state index in [2.05, 4.69) is 17.0 Å². The summed E-state index contributed by atoms with van der Waals surface area (Å²) in [5, 5.41) is 0. The van der Waals surface area contributed by atoms with Gasteiger partial charge in [0.05, 0.1) is 12.2 Å². The lowest BCUT2D eigenvalue weighted by atomic mass is 10.1. The molecule has 0 atom stereocenters. The Kier molecular flexibility index (Phi) is 2.99. The molecule has 0 aromatic heterocycles. The van der Waals surface area contributed by atoms with Crippen molar-refractivity contribution < 1.29 is 9.13 Å². The number of nitrogen functional groups attached to an aromatic ring is 1. The molecule has 0 unspecified atom stereocenters. The number of benzene rings is 2. The van der Waals surface area contributed by atoms with Gasteiger partial charge in [-0.25, -0.2) is 4.39 Å². The molecule has 1 heterocycles. The highest BCUT2D eigenvalue weighted by Crippen LogP contribution is 2.36. The molecule has 2 aromatic carbocycles. The van der Waals surface area contributed by atoms with Crippen molar-refractivity contribution in [2.45, 2.75) is 6.54 Å². The van der Waals surface area contributed by atoms with Crippen LogP contribution in [0.1, 0.15) is 5.56 Å². The molecule has 0 radical (unpaired) electrons. The van der Waals surface area contributed by atoms with E-state index in [1.807, 2.05) is 18.2 Å². The minimum absolute atomic E-state index is 0.302. The zero-order valence-corrected chi connectivity index (χ0v) is 10.5. The SMILES string of the molecule is Nc1cc(F)c2c(c1)N(Cc1ccccc1)CCO2. The van der Waals surface area contributed by atoms with Crippen LogP contribution in [0.15, 0.2) is 42.5 Å². The van der Waals surface area contributed by atoms with Gasteiger partial charge in [-0.2, -0.15) is 0 Å². The lowest BCUT2D eigenvalue weighted by Gasteiger charge is -2.31. The van der Waals surface area contributed by atoms with E-state index in [4.69, 9.17) is 10.5 Å². The summed E-state index contributed by atoms with van der Waals surface area (Å²) in [6, 6.07) is 13.1. The maximum Gasteiger partial charge on any atom is 0.178 e. The Hall–Kier alpha value is -2.23. The molecule has 3 rings (SSSR count). The predicted molar refractivity (Wildman–Crippen MR) is 73.8 cm³/mol. The highest BCUT2D eigenvalue weighted by molar-refractivity contribution is 5.66. The van der Waals surface area contributed by atoms with Crippen molar-refractivity contribution in [2.75, 3.05) is 23.8 Å². The normalized spacial score (nSPS) is 13.8. The number of hydrogen-bond acceptors (Lipinski definition) is 3. The number of anilines is 2. The molecule has 0 amide bonds. The van der Waals surface area contributed by atoms with Crippen LogP contribution in [0.2, 0.25) is 0 Å². The molecule has 0 saturated carbocycles. The van der Waals surface area contributed by atoms with Gasteiger partial charge < -0.3 is 15.4 Å². The van der Waals surface area contributed by atoms with Gasteiger partial charge in [-0.15, -0.1) is 0 Å². The van der Waals surface area contributed by atoms with Crippen LogP contribution >= 0.6 is 0 Å². The van der Waals surface area contributed by atoms with E-state index in [9.17, 15) is 4.39 Å². The van der Waals surface area contributed by atoms with E-state index in [-0.39, 0.29) is 0 Å². The summed E-state index contributed by atoms with van der Waals surface area (Å²) >= 11 is 0. The van der Waals surface area contributed by atoms with Crippen LogP contribution in [0, 0.1) is 5.82 Å². The number of nitrogens with zero attached hydrogens (tertiary/aromatic N) is 1. The van der Waals surface area contributed by atoms with Crippen LogP contribution in [0.4, 0.5) is 15.8 Å². The number of hydrogen-bond donors (Lipinski definition) is 1. The summed E-state index contributed by atoms with van der Waals surface area (Å²) in [7, 11) is 0. The average Bonchev–Trinajstić information content (AvgIpc) is 2.41. The Balaban J connectivity index is 1.94. The molecule has 0 fully saturated rings. The van der Waals surface area contributed by atoms with Crippen LogP contribution in [-0.4, -0.2) is 13.2 Å². The molecule has 19 heavy (non-hydrogen) atoms. The van der Waals surface area contributed by atoms with Crippen molar-refractivity contribution in [3.63, 3.8) is 0 Å². The van der Waals surface area contributed by atoms with Crippen molar-refractivity contribution in [1.29, 1.82) is 0 Å². The second-order valence-electron chi connectivity index (χ2n) is 4.61. The quantitative estimate of drug-likeness (QED) is 0.842. The monoisotopic (exact) mass is 258 g/mol. The van der Waals surface area contributed by atoms with Crippen molar-refractivity contribution >= 4 is 11.4 Å². The van der Waals surface area contributed by atoms with E-state index in [1.165, 1.54) is 11.6 Å². The number of rotatable bonds is 2. The van der Waals surface area contributed by atoms with Gasteiger partial charge in [0.2, 0.25) is 0 Å². The Morgan fingerprint density at radius 2 is 2.00 bits per heavy atom.